The fourth-order valence-electron chi connectivity index (χ4n) is 2.08. The first-order valence-corrected chi connectivity index (χ1v) is 7.12. The van der Waals surface area contributed by atoms with E-state index >= 15 is 0 Å². The molecule has 1 nitrogen and oxygen atoms in total. The molecule has 0 bridgehead atoms. The molecule has 21 heavy (non-hydrogen) atoms. The number of nitrogens with one attached hydrogen (secondary N) is 1. The van der Waals surface area contributed by atoms with Gasteiger partial charge in [-0.1, -0.05) is 13.0 Å². The van der Waals surface area contributed by atoms with Gasteiger partial charge in [0.1, 0.15) is 0 Å². The van der Waals surface area contributed by atoms with Crippen LogP contribution in [-0.4, -0.2) is 6.54 Å². The van der Waals surface area contributed by atoms with E-state index in [0.29, 0.717) is 6.54 Å². The molecule has 114 valence electrons. The van der Waals surface area contributed by atoms with E-state index in [1.165, 1.54) is 11.3 Å². The molecule has 2 rings (SSSR count). The Balaban J connectivity index is 2.49. The van der Waals surface area contributed by atoms with Gasteiger partial charge in [0, 0.05) is 22.9 Å². The van der Waals surface area contributed by atoms with E-state index in [0.717, 1.165) is 4.88 Å². The molecular weight excluding hydrogens is 309 g/mol. The van der Waals surface area contributed by atoms with Gasteiger partial charge in [0.15, 0.2) is 23.3 Å². The minimum absolute atomic E-state index is 0.143. The molecule has 1 heterocycles. The molecule has 7 heteroatoms. The minimum atomic E-state index is -2.14. The van der Waals surface area contributed by atoms with Crippen molar-refractivity contribution < 1.29 is 22.0 Å². The molecule has 0 fully saturated rings. The highest BCUT2D eigenvalue weighted by Crippen LogP contribution is 2.30. The Morgan fingerprint density at radius 1 is 1.00 bits per heavy atom. The summed E-state index contributed by atoms with van der Waals surface area (Å²) in [6, 6.07) is 2.50. The van der Waals surface area contributed by atoms with Crippen LogP contribution < -0.4 is 5.32 Å². The standard InChI is InChI=1S/C14H12F5NS/c1-2-20-8(6-7-4-3-5-21-7)9-10(15)12(17)14(19)13(18)11(9)16/h3-5,8,20H,2,6H2,1H3. The summed E-state index contributed by atoms with van der Waals surface area (Å²) >= 11 is 1.35. The molecule has 1 aromatic carbocycles. The summed E-state index contributed by atoms with van der Waals surface area (Å²) in [5.41, 5.74) is -0.818. The first-order valence-electron chi connectivity index (χ1n) is 6.24. The number of hydrogen-bond donors (Lipinski definition) is 1. The summed E-state index contributed by atoms with van der Waals surface area (Å²) in [6.45, 7) is 2.02. The molecule has 0 spiro atoms. The van der Waals surface area contributed by atoms with Crippen LogP contribution in [0.25, 0.3) is 0 Å². The van der Waals surface area contributed by atoms with Crippen molar-refractivity contribution in [1.82, 2.24) is 5.32 Å². The van der Waals surface area contributed by atoms with Crippen LogP contribution in [0.5, 0.6) is 0 Å². The molecule has 0 saturated carbocycles. The molecule has 0 aliphatic rings. The lowest BCUT2D eigenvalue weighted by Gasteiger charge is -2.20. The van der Waals surface area contributed by atoms with Crippen molar-refractivity contribution in [1.29, 1.82) is 0 Å². The maximum absolute atomic E-state index is 13.8. The number of rotatable bonds is 5. The predicted octanol–water partition coefficient (Wildman–Crippen LogP) is 4.34. The minimum Gasteiger partial charge on any atom is -0.310 e. The molecular formula is C14H12F5NS. The van der Waals surface area contributed by atoms with Gasteiger partial charge in [-0.05, 0) is 18.0 Å². The van der Waals surface area contributed by atoms with Crippen LogP contribution in [-0.2, 0) is 6.42 Å². The van der Waals surface area contributed by atoms with Gasteiger partial charge in [0.2, 0.25) is 5.82 Å². The van der Waals surface area contributed by atoms with Crippen molar-refractivity contribution in [2.75, 3.05) is 6.54 Å². The zero-order valence-corrected chi connectivity index (χ0v) is 11.8. The second-order valence-electron chi connectivity index (χ2n) is 4.38. The Kier molecular flexibility index (Phi) is 4.95. The first-order chi connectivity index (χ1) is 9.97. The van der Waals surface area contributed by atoms with E-state index in [4.69, 9.17) is 0 Å². The van der Waals surface area contributed by atoms with Crippen LogP contribution in [0, 0.1) is 29.1 Å². The van der Waals surface area contributed by atoms with Gasteiger partial charge in [0.25, 0.3) is 0 Å². The summed E-state index contributed by atoms with van der Waals surface area (Å²) in [4.78, 5) is 0.782. The zero-order chi connectivity index (χ0) is 15.6. The van der Waals surface area contributed by atoms with Crippen LogP contribution in [0.3, 0.4) is 0 Å². The van der Waals surface area contributed by atoms with Crippen molar-refractivity contribution in [3.05, 3.63) is 57.0 Å². The summed E-state index contributed by atoms with van der Waals surface area (Å²) in [6.07, 6.45) is 0.143. The van der Waals surface area contributed by atoms with Crippen LogP contribution in [0.4, 0.5) is 22.0 Å². The van der Waals surface area contributed by atoms with Gasteiger partial charge < -0.3 is 5.32 Å². The van der Waals surface area contributed by atoms with E-state index in [1.54, 1.807) is 24.4 Å². The highest BCUT2D eigenvalue weighted by Gasteiger charge is 2.30. The van der Waals surface area contributed by atoms with E-state index in [1.807, 2.05) is 0 Å². The van der Waals surface area contributed by atoms with Crippen molar-refractivity contribution >= 4 is 11.3 Å². The molecule has 1 N–H and O–H groups in total. The zero-order valence-electron chi connectivity index (χ0n) is 11.0. The van der Waals surface area contributed by atoms with Gasteiger partial charge in [-0.25, -0.2) is 22.0 Å². The van der Waals surface area contributed by atoms with Gasteiger partial charge >= 0.3 is 0 Å². The van der Waals surface area contributed by atoms with Crippen LogP contribution in [0.2, 0.25) is 0 Å². The lowest BCUT2D eigenvalue weighted by molar-refractivity contribution is 0.356. The smallest absolute Gasteiger partial charge is 0.200 e. The summed E-state index contributed by atoms with van der Waals surface area (Å²) in [7, 11) is 0. The highest BCUT2D eigenvalue weighted by atomic mass is 32.1. The van der Waals surface area contributed by atoms with E-state index < -0.39 is 40.7 Å². The summed E-state index contributed by atoms with van der Waals surface area (Å²) < 4.78 is 67.4. The third-order valence-electron chi connectivity index (χ3n) is 3.03. The second kappa shape index (κ2) is 6.53. The Morgan fingerprint density at radius 2 is 1.57 bits per heavy atom. The van der Waals surface area contributed by atoms with Crippen molar-refractivity contribution in [2.24, 2.45) is 0 Å². The molecule has 0 radical (unpaired) electrons. The van der Waals surface area contributed by atoms with E-state index in [-0.39, 0.29) is 6.42 Å². The Labute approximate surface area is 122 Å². The van der Waals surface area contributed by atoms with Gasteiger partial charge in [-0.15, -0.1) is 11.3 Å². The lowest BCUT2D eigenvalue weighted by atomic mass is 10.0. The largest absolute Gasteiger partial charge is 0.310 e. The number of thiophene rings is 1. The predicted molar refractivity (Wildman–Crippen MR) is 70.7 cm³/mol. The van der Waals surface area contributed by atoms with Crippen molar-refractivity contribution in [2.45, 2.75) is 19.4 Å². The third-order valence-corrected chi connectivity index (χ3v) is 3.93. The molecule has 0 saturated heterocycles. The van der Waals surface area contributed by atoms with Gasteiger partial charge in [0.05, 0.1) is 0 Å². The second-order valence-corrected chi connectivity index (χ2v) is 5.41. The molecule has 0 amide bonds. The SMILES string of the molecule is CCNC(Cc1cccs1)c1c(F)c(F)c(F)c(F)c1F. The van der Waals surface area contributed by atoms with Crippen LogP contribution in [0.1, 0.15) is 23.4 Å². The van der Waals surface area contributed by atoms with Gasteiger partial charge in [-0.2, -0.15) is 0 Å². The monoisotopic (exact) mass is 321 g/mol. The third kappa shape index (κ3) is 3.08. The maximum Gasteiger partial charge on any atom is 0.200 e. The molecule has 0 aliphatic heterocycles. The van der Waals surface area contributed by atoms with E-state index in [9.17, 15) is 22.0 Å². The summed E-state index contributed by atoms with van der Waals surface area (Å²) in [5, 5.41) is 4.54. The van der Waals surface area contributed by atoms with E-state index in [2.05, 4.69) is 5.32 Å². The molecule has 1 aromatic heterocycles. The fourth-order valence-corrected chi connectivity index (χ4v) is 2.83. The Bertz CT molecular complexity index is 598. The average Bonchev–Trinajstić information content (AvgIpc) is 2.96. The number of likely N-dealkylation sites (N-methyl/N-ethyl adjacent to an activating group) is 1. The maximum atomic E-state index is 13.8. The van der Waals surface area contributed by atoms with Crippen LogP contribution >= 0.6 is 11.3 Å². The lowest BCUT2D eigenvalue weighted by Crippen LogP contribution is -2.26. The number of hydrogen-bond acceptors (Lipinski definition) is 2. The van der Waals surface area contributed by atoms with Gasteiger partial charge in [-0.3, -0.25) is 0 Å². The molecule has 2 aromatic rings. The number of benzene rings is 1. The van der Waals surface area contributed by atoms with Crippen molar-refractivity contribution in [3.8, 4) is 0 Å². The van der Waals surface area contributed by atoms with Crippen molar-refractivity contribution in [3.63, 3.8) is 0 Å². The normalized spacial score (nSPS) is 12.7. The highest BCUT2D eigenvalue weighted by molar-refractivity contribution is 7.09. The number of halogens is 5. The Hall–Kier alpha value is -1.47. The fraction of sp³-hybridized carbons (Fsp3) is 0.286. The average molecular weight is 321 g/mol. The summed E-state index contributed by atoms with van der Waals surface area (Å²) in [5.74, 6) is -9.54. The quantitative estimate of drug-likeness (QED) is 0.491. The van der Waals surface area contributed by atoms with Crippen LogP contribution in [0.15, 0.2) is 17.5 Å². The Morgan fingerprint density at radius 3 is 2.05 bits per heavy atom. The first kappa shape index (κ1) is 15.9. The molecule has 1 unspecified atom stereocenters. The topological polar surface area (TPSA) is 12.0 Å². The molecule has 0 aliphatic carbocycles. The molecule has 1 atom stereocenters.